The number of amides is 1. The van der Waals surface area contributed by atoms with Gasteiger partial charge >= 0.3 is 0 Å². The Balaban J connectivity index is 1.43. The standard InChI is InChI=1S/C25H24N2O3/c1-15(17-4-3-5-19(12-17)29-2)27-25(28)18-8-9-20-21-10-11-26-14-23(21)30-24(16-6-7-16)22(20)13-18/h3-5,8-16,24H,6-7H2,1-2H3,(H,27,28)/t15-,24?/m1/s1. The van der Waals surface area contributed by atoms with Crippen molar-refractivity contribution in [3.05, 3.63) is 77.6 Å². The second kappa shape index (κ2) is 7.48. The van der Waals surface area contributed by atoms with E-state index in [1.807, 2.05) is 55.5 Å². The molecule has 2 heterocycles. The second-order valence-corrected chi connectivity index (χ2v) is 8.02. The Labute approximate surface area is 176 Å². The molecule has 5 rings (SSSR count). The molecule has 0 spiro atoms. The molecule has 5 heteroatoms. The van der Waals surface area contributed by atoms with E-state index in [2.05, 4.69) is 10.3 Å². The first-order valence-electron chi connectivity index (χ1n) is 10.3. The maximum atomic E-state index is 13.0. The van der Waals surface area contributed by atoms with E-state index in [0.29, 0.717) is 11.5 Å². The van der Waals surface area contributed by atoms with E-state index in [9.17, 15) is 4.79 Å². The van der Waals surface area contributed by atoms with Crippen LogP contribution < -0.4 is 14.8 Å². The summed E-state index contributed by atoms with van der Waals surface area (Å²) in [5, 5.41) is 3.10. The van der Waals surface area contributed by atoms with Gasteiger partial charge in [0.2, 0.25) is 0 Å². The highest BCUT2D eigenvalue weighted by atomic mass is 16.5. The molecule has 2 aromatic carbocycles. The summed E-state index contributed by atoms with van der Waals surface area (Å²) in [5.41, 5.74) is 4.91. The normalized spacial score (nSPS) is 17.9. The zero-order valence-corrected chi connectivity index (χ0v) is 17.1. The van der Waals surface area contributed by atoms with Gasteiger partial charge in [-0.2, -0.15) is 0 Å². The predicted octanol–water partition coefficient (Wildman–Crippen LogP) is 5.09. The van der Waals surface area contributed by atoms with E-state index in [4.69, 9.17) is 9.47 Å². The van der Waals surface area contributed by atoms with E-state index < -0.39 is 0 Å². The topological polar surface area (TPSA) is 60.5 Å². The number of nitrogens with one attached hydrogen (secondary N) is 1. The summed E-state index contributed by atoms with van der Waals surface area (Å²) in [7, 11) is 1.64. The molecule has 0 saturated heterocycles. The zero-order chi connectivity index (χ0) is 20.7. The maximum absolute atomic E-state index is 13.0. The number of methoxy groups -OCH3 is 1. The molecule has 1 unspecified atom stereocenters. The van der Waals surface area contributed by atoms with Gasteiger partial charge in [0.05, 0.1) is 19.3 Å². The van der Waals surface area contributed by atoms with Crippen LogP contribution in [-0.4, -0.2) is 18.0 Å². The average Bonchev–Trinajstić information content (AvgIpc) is 3.63. The molecule has 0 bridgehead atoms. The molecule has 30 heavy (non-hydrogen) atoms. The molecule has 0 radical (unpaired) electrons. The van der Waals surface area contributed by atoms with Gasteiger partial charge in [0.25, 0.3) is 5.91 Å². The van der Waals surface area contributed by atoms with Crippen LogP contribution >= 0.6 is 0 Å². The zero-order valence-electron chi connectivity index (χ0n) is 17.1. The lowest BCUT2D eigenvalue weighted by atomic mass is 9.90. The summed E-state index contributed by atoms with van der Waals surface area (Å²) in [5.74, 6) is 2.01. The number of carbonyl (C=O) groups excluding carboxylic acids is 1. The van der Waals surface area contributed by atoms with Crippen LogP contribution in [0.15, 0.2) is 60.9 Å². The van der Waals surface area contributed by atoms with Crippen molar-refractivity contribution >= 4 is 5.91 Å². The van der Waals surface area contributed by atoms with Crippen LogP contribution in [0.2, 0.25) is 0 Å². The lowest BCUT2D eigenvalue weighted by Gasteiger charge is -2.29. The minimum absolute atomic E-state index is 0.0137. The van der Waals surface area contributed by atoms with Crippen LogP contribution in [0.4, 0.5) is 0 Å². The highest BCUT2D eigenvalue weighted by Crippen LogP contribution is 2.51. The number of benzene rings is 2. The van der Waals surface area contributed by atoms with Crippen molar-refractivity contribution in [3.63, 3.8) is 0 Å². The second-order valence-electron chi connectivity index (χ2n) is 8.02. The molecular weight excluding hydrogens is 376 g/mol. The predicted molar refractivity (Wildman–Crippen MR) is 115 cm³/mol. The fourth-order valence-electron chi connectivity index (χ4n) is 4.10. The lowest BCUT2D eigenvalue weighted by molar-refractivity contribution is 0.0939. The van der Waals surface area contributed by atoms with Crippen molar-refractivity contribution in [2.75, 3.05) is 7.11 Å². The highest BCUT2D eigenvalue weighted by molar-refractivity contribution is 5.95. The molecule has 1 aliphatic carbocycles. The fourth-order valence-corrected chi connectivity index (χ4v) is 4.10. The molecule has 1 N–H and O–H groups in total. The molecule has 2 aliphatic rings. The minimum Gasteiger partial charge on any atom is -0.497 e. The molecule has 1 amide bonds. The largest absolute Gasteiger partial charge is 0.497 e. The number of nitrogens with zero attached hydrogens (tertiary/aromatic N) is 1. The van der Waals surface area contributed by atoms with Gasteiger partial charge < -0.3 is 14.8 Å². The Bertz CT molecular complexity index is 1110. The molecule has 1 aliphatic heterocycles. The van der Waals surface area contributed by atoms with Crippen molar-refractivity contribution in [2.45, 2.75) is 31.9 Å². The highest BCUT2D eigenvalue weighted by Gasteiger charge is 2.38. The van der Waals surface area contributed by atoms with Gasteiger partial charge in [-0.1, -0.05) is 18.2 Å². The first-order valence-corrected chi connectivity index (χ1v) is 10.3. The van der Waals surface area contributed by atoms with Gasteiger partial charge in [0, 0.05) is 28.8 Å². The molecule has 3 aromatic rings. The first kappa shape index (κ1) is 18.7. The van der Waals surface area contributed by atoms with Gasteiger partial charge in [0.1, 0.15) is 17.6 Å². The summed E-state index contributed by atoms with van der Waals surface area (Å²) in [4.78, 5) is 17.2. The van der Waals surface area contributed by atoms with E-state index in [0.717, 1.165) is 46.6 Å². The van der Waals surface area contributed by atoms with Gasteiger partial charge in [-0.05, 0) is 61.2 Å². The molecular formula is C25H24N2O3. The quantitative estimate of drug-likeness (QED) is 0.648. The van der Waals surface area contributed by atoms with Crippen LogP contribution in [-0.2, 0) is 0 Å². The van der Waals surface area contributed by atoms with E-state index >= 15 is 0 Å². The third kappa shape index (κ3) is 3.41. The van der Waals surface area contributed by atoms with Crippen molar-refractivity contribution < 1.29 is 14.3 Å². The molecule has 2 atom stereocenters. The first-order chi connectivity index (χ1) is 14.6. The Morgan fingerprint density at radius 2 is 2.03 bits per heavy atom. The number of ether oxygens (including phenoxy) is 2. The smallest absolute Gasteiger partial charge is 0.251 e. The number of pyridine rings is 1. The van der Waals surface area contributed by atoms with Crippen LogP contribution in [0.3, 0.4) is 0 Å². The van der Waals surface area contributed by atoms with Crippen molar-refractivity contribution in [1.29, 1.82) is 0 Å². The molecule has 1 saturated carbocycles. The third-order valence-corrected chi connectivity index (χ3v) is 5.94. The molecule has 1 fully saturated rings. The van der Waals surface area contributed by atoms with Gasteiger partial charge in [-0.15, -0.1) is 0 Å². The van der Waals surface area contributed by atoms with Gasteiger partial charge in [-0.3, -0.25) is 9.78 Å². The van der Waals surface area contributed by atoms with Crippen LogP contribution in [0.1, 0.15) is 53.4 Å². The van der Waals surface area contributed by atoms with E-state index in [1.165, 1.54) is 0 Å². The van der Waals surface area contributed by atoms with E-state index in [-0.39, 0.29) is 18.1 Å². The van der Waals surface area contributed by atoms with Crippen LogP contribution in [0.5, 0.6) is 11.5 Å². The SMILES string of the molecule is COc1cccc([C@@H](C)NC(=O)c2ccc3c(c2)C(C2CC2)Oc2cnccc2-3)c1. The van der Waals surface area contributed by atoms with Crippen molar-refractivity contribution in [2.24, 2.45) is 5.92 Å². The summed E-state index contributed by atoms with van der Waals surface area (Å²) in [6.07, 6.45) is 5.86. The summed E-state index contributed by atoms with van der Waals surface area (Å²) in [6.45, 7) is 1.98. The third-order valence-electron chi connectivity index (χ3n) is 5.94. The lowest BCUT2D eigenvalue weighted by Crippen LogP contribution is -2.27. The van der Waals surface area contributed by atoms with Gasteiger partial charge in [-0.25, -0.2) is 0 Å². The summed E-state index contributed by atoms with van der Waals surface area (Å²) in [6, 6.07) is 15.5. The van der Waals surface area contributed by atoms with Crippen LogP contribution in [0, 0.1) is 5.92 Å². The Morgan fingerprint density at radius 3 is 2.83 bits per heavy atom. The number of hydrogen-bond donors (Lipinski definition) is 1. The molecule has 1 aromatic heterocycles. The van der Waals surface area contributed by atoms with E-state index in [1.54, 1.807) is 19.5 Å². The minimum atomic E-state index is -0.133. The Morgan fingerprint density at radius 1 is 1.17 bits per heavy atom. The van der Waals surface area contributed by atoms with Crippen LogP contribution in [0.25, 0.3) is 11.1 Å². The molecule has 152 valence electrons. The van der Waals surface area contributed by atoms with Gasteiger partial charge in [0.15, 0.2) is 0 Å². The molecule has 5 nitrogen and oxygen atoms in total. The fraction of sp³-hybridized carbons (Fsp3) is 0.280. The Kier molecular flexibility index (Phi) is 4.66. The number of rotatable bonds is 5. The monoisotopic (exact) mass is 400 g/mol. The summed E-state index contributed by atoms with van der Waals surface area (Å²) >= 11 is 0. The van der Waals surface area contributed by atoms with Crippen molar-refractivity contribution in [3.8, 4) is 22.6 Å². The summed E-state index contributed by atoms with van der Waals surface area (Å²) < 4.78 is 11.6. The van der Waals surface area contributed by atoms with Crippen molar-refractivity contribution in [1.82, 2.24) is 10.3 Å². The maximum Gasteiger partial charge on any atom is 0.251 e. The average molecular weight is 400 g/mol. The number of fused-ring (bicyclic) bond motifs is 3. The number of aromatic nitrogens is 1. The number of hydrogen-bond acceptors (Lipinski definition) is 4. The Hall–Kier alpha value is -3.34. The number of carbonyl (C=O) groups is 1.